The minimum Gasteiger partial charge on any atom is -0.338 e. The molecule has 2 unspecified atom stereocenters. The smallest absolute Gasteiger partial charge is 0.321 e. The molecular formula is C16H23N3O2. The van der Waals surface area contributed by atoms with E-state index in [0.29, 0.717) is 6.54 Å². The first-order chi connectivity index (χ1) is 10.1. The number of rotatable bonds is 4. The number of urea groups is 1. The first-order valence-corrected chi connectivity index (χ1v) is 7.51. The summed E-state index contributed by atoms with van der Waals surface area (Å²) in [6.45, 7) is 4.10. The number of carbonyl (C=O) groups excluding carboxylic acids is 2. The monoisotopic (exact) mass is 289 g/mol. The van der Waals surface area contributed by atoms with Gasteiger partial charge in [-0.25, -0.2) is 4.79 Å². The maximum absolute atomic E-state index is 11.9. The summed E-state index contributed by atoms with van der Waals surface area (Å²) in [5, 5.41) is 8.20. The SMILES string of the molecule is CCNC(=O)NC(=O)C(C)NC1CCc2ccccc2C1. The Morgan fingerprint density at radius 2 is 2.00 bits per heavy atom. The number of hydrogen-bond acceptors (Lipinski definition) is 3. The molecule has 0 saturated heterocycles. The zero-order valence-electron chi connectivity index (χ0n) is 12.6. The van der Waals surface area contributed by atoms with Crippen LogP contribution in [0, 0.1) is 0 Å². The Balaban J connectivity index is 1.85. The standard InChI is InChI=1S/C16H23N3O2/c1-3-17-16(21)19-15(20)11(2)18-14-9-8-12-6-4-5-7-13(12)10-14/h4-7,11,14,18H,3,8-10H2,1-2H3,(H2,17,19,20,21). The van der Waals surface area contributed by atoms with Gasteiger partial charge in [0.25, 0.3) is 0 Å². The van der Waals surface area contributed by atoms with E-state index in [1.165, 1.54) is 11.1 Å². The lowest BCUT2D eigenvalue weighted by Gasteiger charge is -2.28. The van der Waals surface area contributed by atoms with Crippen molar-refractivity contribution in [3.05, 3.63) is 35.4 Å². The van der Waals surface area contributed by atoms with E-state index >= 15 is 0 Å². The first-order valence-electron chi connectivity index (χ1n) is 7.51. The van der Waals surface area contributed by atoms with Crippen molar-refractivity contribution >= 4 is 11.9 Å². The molecule has 21 heavy (non-hydrogen) atoms. The normalized spacial score (nSPS) is 18.5. The Labute approximate surface area is 125 Å². The summed E-state index contributed by atoms with van der Waals surface area (Å²) in [7, 11) is 0. The molecule has 2 atom stereocenters. The van der Waals surface area contributed by atoms with Gasteiger partial charge < -0.3 is 10.6 Å². The lowest BCUT2D eigenvalue weighted by molar-refractivity contribution is -0.121. The molecule has 1 aliphatic rings. The van der Waals surface area contributed by atoms with Gasteiger partial charge in [0.15, 0.2) is 0 Å². The Hall–Kier alpha value is -1.88. The molecule has 0 aromatic heterocycles. The zero-order chi connectivity index (χ0) is 15.2. The van der Waals surface area contributed by atoms with Crippen molar-refractivity contribution in [2.45, 2.75) is 45.2 Å². The van der Waals surface area contributed by atoms with Crippen molar-refractivity contribution in [2.75, 3.05) is 6.54 Å². The third kappa shape index (κ3) is 4.29. The van der Waals surface area contributed by atoms with E-state index in [2.05, 4.69) is 34.1 Å². The van der Waals surface area contributed by atoms with Crippen LogP contribution >= 0.6 is 0 Å². The average molecular weight is 289 g/mol. The molecule has 1 aromatic rings. The van der Waals surface area contributed by atoms with Crippen LogP contribution in [-0.4, -0.2) is 30.6 Å². The summed E-state index contributed by atoms with van der Waals surface area (Å²) >= 11 is 0. The minimum atomic E-state index is -0.440. The molecule has 0 fully saturated rings. The van der Waals surface area contributed by atoms with E-state index < -0.39 is 6.03 Å². The quantitative estimate of drug-likeness (QED) is 0.784. The van der Waals surface area contributed by atoms with Crippen LogP contribution in [0.3, 0.4) is 0 Å². The summed E-state index contributed by atoms with van der Waals surface area (Å²) in [6, 6.07) is 7.86. The predicted molar refractivity (Wildman–Crippen MR) is 82.1 cm³/mol. The van der Waals surface area contributed by atoms with E-state index in [1.54, 1.807) is 6.92 Å². The lowest BCUT2D eigenvalue weighted by atomic mass is 9.88. The average Bonchev–Trinajstić information content (AvgIpc) is 2.47. The van der Waals surface area contributed by atoms with Crippen LogP contribution in [0.5, 0.6) is 0 Å². The number of carbonyl (C=O) groups is 2. The van der Waals surface area contributed by atoms with Gasteiger partial charge in [-0.15, -0.1) is 0 Å². The number of fused-ring (bicyclic) bond motifs is 1. The fourth-order valence-corrected chi connectivity index (χ4v) is 2.69. The molecule has 0 saturated carbocycles. The van der Waals surface area contributed by atoms with Gasteiger partial charge in [0, 0.05) is 12.6 Å². The van der Waals surface area contributed by atoms with E-state index in [-0.39, 0.29) is 18.0 Å². The van der Waals surface area contributed by atoms with Crippen LogP contribution < -0.4 is 16.0 Å². The molecule has 0 aliphatic heterocycles. The van der Waals surface area contributed by atoms with Crippen molar-refractivity contribution in [1.82, 2.24) is 16.0 Å². The fourth-order valence-electron chi connectivity index (χ4n) is 2.69. The van der Waals surface area contributed by atoms with Gasteiger partial charge in [-0.1, -0.05) is 24.3 Å². The number of hydrogen-bond donors (Lipinski definition) is 3. The van der Waals surface area contributed by atoms with E-state index in [4.69, 9.17) is 0 Å². The second-order valence-corrected chi connectivity index (χ2v) is 5.45. The second kappa shape index (κ2) is 7.22. The molecule has 0 heterocycles. The molecule has 1 aliphatic carbocycles. The van der Waals surface area contributed by atoms with Gasteiger partial charge in [-0.3, -0.25) is 10.1 Å². The van der Waals surface area contributed by atoms with Crippen molar-refractivity contribution in [3.8, 4) is 0 Å². The van der Waals surface area contributed by atoms with Crippen LogP contribution in [0.1, 0.15) is 31.4 Å². The maximum atomic E-state index is 11.9. The summed E-state index contributed by atoms with van der Waals surface area (Å²) in [4.78, 5) is 23.3. The molecule has 0 radical (unpaired) electrons. The Morgan fingerprint density at radius 3 is 2.71 bits per heavy atom. The van der Waals surface area contributed by atoms with Gasteiger partial charge in [-0.05, 0) is 44.2 Å². The zero-order valence-corrected chi connectivity index (χ0v) is 12.6. The number of imide groups is 1. The molecule has 5 nitrogen and oxygen atoms in total. The molecule has 5 heteroatoms. The highest BCUT2D eigenvalue weighted by atomic mass is 16.2. The van der Waals surface area contributed by atoms with Gasteiger partial charge >= 0.3 is 6.03 Å². The molecular weight excluding hydrogens is 266 g/mol. The largest absolute Gasteiger partial charge is 0.338 e. The first kappa shape index (κ1) is 15.5. The van der Waals surface area contributed by atoms with Crippen molar-refractivity contribution < 1.29 is 9.59 Å². The minimum absolute atomic E-state index is 0.273. The topological polar surface area (TPSA) is 70.2 Å². The Morgan fingerprint density at radius 1 is 1.29 bits per heavy atom. The number of nitrogens with one attached hydrogen (secondary N) is 3. The van der Waals surface area contributed by atoms with E-state index in [9.17, 15) is 9.59 Å². The summed E-state index contributed by atoms with van der Waals surface area (Å²) in [5.74, 6) is -0.292. The summed E-state index contributed by atoms with van der Waals surface area (Å²) < 4.78 is 0. The van der Waals surface area contributed by atoms with Gasteiger partial charge in [0.05, 0.1) is 6.04 Å². The summed E-state index contributed by atoms with van der Waals surface area (Å²) in [6.07, 6.45) is 2.96. The van der Waals surface area contributed by atoms with E-state index in [0.717, 1.165) is 19.3 Å². The molecule has 3 amide bonds. The lowest BCUT2D eigenvalue weighted by Crippen LogP contribution is -2.51. The molecule has 3 N–H and O–H groups in total. The van der Waals surface area contributed by atoms with Crippen LogP contribution in [-0.2, 0) is 17.6 Å². The van der Waals surface area contributed by atoms with Crippen LogP contribution in [0.25, 0.3) is 0 Å². The molecule has 2 rings (SSSR count). The number of benzene rings is 1. The third-order valence-electron chi connectivity index (χ3n) is 3.80. The predicted octanol–water partition coefficient (Wildman–Crippen LogP) is 1.37. The van der Waals surface area contributed by atoms with Crippen LogP contribution in [0.15, 0.2) is 24.3 Å². The number of amides is 3. The Bertz CT molecular complexity index is 516. The Kier molecular flexibility index (Phi) is 5.33. The second-order valence-electron chi connectivity index (χ2n) is 5.45. The third-order valence-corrected chi connectivity index (χ3v) is 3.80. The molecule has 114 valence electrons. The van der Waals surface area contributed by atoms with Gasteiger partial charge in [0.2, 0.25) is 5.91 Å². The van der Waals surface area contributed by atoms with Crippen molar-refractivity contribution in [2.24, 2.45) is 0 Å². The number of aryl methyl sites for hydroxylation is 1. The molecule has 0 bridgehead atoms. The molecule has 1 aromatic carbocycles. The van der Waals surface area contributed by atoms with Crippen LogP contribution in [0.4, 0.5) is 4.79 Å². The van der Waals surface area contributed by atoms with Crippen molar-refractivity contribution in [1.29, 1.82) is 0 Å². The summed E-state index contributed by atoms with van der Waals surface area (Å²) in [5.41, 5.74) is 2.74. The maximum Gasteiger partial charge on any atom is 0.321 e. The van der Waals surface area contributed by atoms with Gasteiger partial charge in [0.1, 0.15) is 0 Å². The molecule has 0 spiro atoms. The highest BCUT2D eigenvalue weighted by molar-refractivity contribution is 5.96. The van der Waals surface area contributed by atoms with Gasteiger partial charge in [-0.2, -0.15) is 0 Å². The highest BCUT2D eigenvalue weighted by Crippen LogP contribution is 2.21. The van der Waals surface area contributed by atoms with Crippen LogP contribution in [0.2, 0.25) is 0 Å². The van der Waals surface area contributed by atoms with Crippen molar-refractivity contribution in [3.63, 3.8) is 0 Å². The highest BCUT2D eigenvalue weighted by Gasteiger charge is 2.23. The fraction of sp³-hybridized carbons (Fsp3) is 0.500. The van der Waals surface area contributed by atoms with E-state index in [1.807, 2.05) is 13.0 Å².